The van der Waals surface area contributed by atoms with Crippen LogP contribution < -0.4 is 9.64 Å². The van der Waals surface area contributed by atoms with E-state index in [0.717, 1.165) is 26.0 Å². The first kappa shape index (κ1) is 21.9. The van der Waals surface area contributed by atoms with Crippen molar-refractivity contribution in [2.24, 2.45) is 0 Å². The van der Waals surface area contributed by atoms with E-state index in [1.54, 1.807) is 25.3 Å². The maximum absolute atomic E-state index is 12.6. The molecular weight excluding hydrogens is 454 g/mol. The van der Waals surface area contributed by atoms with Gasteiger partial charge in [0.2, 0.25) is 5.91 Å². The van der Waals surface area contributed by atoms with Crippen molar-refractivity contribution in [3.8, 4) is 5.75 Å². The van der Waals surface area contributed by atoms with E-state index in [9.17, 15) is 13.2 Å². The summed E-state index contributed by atoms with van der Waals surface area (Å²) in [7, 11) is -1.61. The third-order valence-corrected chi connectivity index (χ3v) is 8.29. The van der Waals surface area contributed by atoms with Crippen molar-refractivity contribution in [3.05, 3.63) is 42.5 Å². The summed E-state index contributed by atoms with van der Waals surface area (Å²) in [5, 5.41) is 0.861. The van der Waals surface area contributed by atoms with Crippen molar-refractivity contribution in [1.82, 2.24) is 9.88 Å². The Morgan fingerprint density at radius 1 is 1.13 bits per heavy atom. The van der Waals surface area contributed by atoms with Crippen molar-refractivity contribution in [1.29, 1.82) is 0 Å². The molecule has 2 aromatic carbocycles. The lowest BCUT2D eigenvalue weighted by molar-refractivity contribution is -0.128. The summed E-state index contributed by atoms with van der Waals surface area (Å²) in [6, 6.07) is 12.7. The molecule has 10 heteroatoms. The number of ether oxygens (including phenoxy) is 1. The topological polar surface area (TPSA) is 79.8 Å². The fourth-order valence-electron chi connectivity index (χ4n) is 3.31. The van der Waals surface area contributed by atoms with Crippen LogP contribution in [0.15, 0.2) is 52.3 Å². The second-order valence-electron chi connectivity index (χ2n) is 7.23. The molecule has 3 aromatic rings. The van der Waals surface area contributed by atoms with Gasteiger partial charge in [0.05, 0.1) is 28.0 Å². The number of thiazole rings is 1. The van der Waals surface area contributed by atoms with Gasteiger partial charge >= 0.3 is 0 Å². The highest BCUT2D eigenvalue weighted by molar-refractivity contribution is 8.00. The molecule has 0 saturated carbocycles. The van der Waals surface area contributed by atoms with Crippen molar-refractivity contribution < 1.29 is 17.9 Å². The van der Waals surface area contributed by atoms with E-state index < -0.39 is 9.84 Å². The van der Waals surface area contributed by atoms with E-state index in [1.807, 2.05) is 29.2 Å². The van der Waals surface area contributed by atoms with Gasteiger partial charge in [0.25, 0.3) is 0 Å². The summed E-state index contributed by atoms with van der Waals surface area (Å²) in [6.45, 7) is 2.70. The van der Waals surface area contributed by atoms with Gasteiger partial charge in [-0.1, -0.05) is 11.3 Å². The smallest absolute Gasteiger partial charge is 0.233 e. The summed E-state index contributed by atoms with van der Waals surface area (Å²) in [4.78, 5) is 22.6. The molecule has 0 atom stereocenters. The molecule has 0 spiro atoms. The number of carbonyl (C=O) groups excluding carboxylic acids is 1. The van der Waals surface area contributed by atoms with Crippen LogP contribution in [0.3, 0.4) is 0 Å². The molecule has 0 radical (unpaired) electrons. The van der Waals surface area contributed by atoms with Crippen LogP contribution in [0.1, 0.15) is 0 Å². The zero-order valence-electron chi connectivity index (χ0n) is 17.3. The molecule has 0 unspecified atom stereocenters. The summed E-state index contributed by atoms with van der Waals surface area (Å²) in [6.07, 6.45) is 1.21. The van der Waals surface area contributed by atoms with E-state index in [4.69, 9.17) is 4.74 Å². The first-order valence-electron chi connectivity index (χ1n) is 9.74. The molecule has 0 bridgehead atoms. The normalized spacial score (nSPS) is 14.8. The Morgan fingerprint density at radius 2 is 1.84 bits per heavy atom. The van der Waals surface area contributed by atoms with E-state index in [1.165, 1.54) is 29.4 Å². The third kappa shape index (κ3) is 5.13. The fraction of sp³-hybridized carbons (Fsp3) is 0.333. The number of benzene rings is 2. The number of fused-ring (bicyclic) bond motifs is 1. The number of rotatable bonds is 6. The Morgan fingerprint density at radius 3 is 2.48 bits per heavy atom. The molecule has 1 saturated heterocycles. The summed E-state index contributed by atoms with van der Waals surface area (Å²) >= 11 is 3.01. The first-order chi connectivity index (χ1) is 14.8. The van der Waals surface area contributed by atoms with Crippen LogP contribution in [0.4, 0.5) is 5.13 Å². The number of methoxy groups -OCH3 is 1. The molecule has 164 valence electrons. The predicted octanol–water partition coefficient (Wildman–Crippen LogP) is 3.15. The standard InChI is InChI=1S/C21H23N3O4S3/c1-28-15-3-5-16(6-4-15)29-14-20(25)23-9-11-24(12-10-23)21-22-18-8-7-17(31(2,26)27)13-19(18)30-21/h3-8,13H,9-12,14H2,1-2H3. The van der Waals surface area contributed by atoms with Crippen molar-refractivity contribution >= 4 is 54.2 Å². The monoisotopic (exact) mass is 477 g/mol. The number of amides is 1. The molecule has 0 aliphatic carbocycles. The number of piperazine rings is 1. The van der Waals surface area contributed by atoms with E-state index >= 15 is 0 Å². The number of anilines is 1. The Labute approximate surface area is 189 Å². The quantitative estimate of drug-likeness (QED) is 0.505. The van der Waals surface area contributed by atoms with Gasteiger partial charge in [0, 0.05) is 37.3 Å². The van der Waals surface area contributed by atoms with Gasteiger partial charge in [0.1, 0.15) is 5.75 Å². The molecule has 7 nitrogen and oxygen atoms in total. The number of carbonyl (C=O) groups is 1. The van der Waals surface area contributed by atoms with Crippen LogP contribution in [0.25, 0.3) is 10.2 Å². The minimum Gasteiger partial charge on any atom is -0.497 e. The van der Waals surface area contributed by atoms with Crippen LogP contribution in [-0.4, -0.2) is 69.5 Å². The number of nitrogens with zero attached hydrogens (tertiary/aromatic N) is 3. The van der Waals surface area contributed by atoms with Crippen LogP contribution in [0.5, 0.6) is 5.75 Å². The molecule has 1 amide bonds. The fourth-order valence-corrected chi connectivity index (χ4v) is 5.89. The van der Waals surface area contributed by atoms with Crippen molar-refractivity contribution in [2.75, 3.05) is 50.2 Å². The van der Waals surface area contributed by atoms with E-state index in [2.05, 4.69) is 9.88 Å². The van der Waals surface area contributed by atoms with Gasteiger partial charge in [-0.2, -0.15) is 0 Å². The van der Waals surface area contributed by atoms with Crippen LogP contribution in [-0.2, 0) is 14.6 Å². The van der Waals surface area contributed by atoms with Gasteiger partial charge in [-0.05, 0) is 42.5 Å². The average molecular weight is 478 g/mol. The highest BCUT2D eigenvalue weighted by Gasteiger charge is 2.23. The molecule has 1 fully saturated rings. The third-order valence-electron chi connectivity index (χ3n) is 5.10. The second kappa shape index (κ2) is 9.05. The lowest BCUT2D eigenvalue weighted by Crippen LogP contribution is -2.49. The zero-order chi connectivity index (χ0) is 22.0. The Kier molecular flexibility index (Phi) is 6.40. The Bertz CT molecular complexity index is 1180. The number of hydrogen-bond acceptors (Lipinski definition) is 8. The number of thioether (sulfide) groups is 1. The summed E-state index contributed by atoms with van der Waals surface area (Å²) in [5.74, 6) is 1.33. The molecule has 1 aliphatic heterocycles. The summed E-state index contributed by atoms with van der Waals surface area (Å²) in [5.41, 5.74) is 0.793. The summed E-state index contributed by atoms with van der Waals surface area (Å²) < 4.78 is 29.6. The molecule has 0 N–H and O–H groups in total. The number of sulfone groups is 1. The van der Waals surface area contributed by atoms with Gasteiger partial charge in [-0.25, -0.2) is 13.4 Å². The maximum Gasteiger partial charge on any atom is 0.233 e. The first-order valence-corrected chi connectivity index (χ1v) is 13.4. The molecule has 1 aromatic heterocycles. The lowest BCUT2D eigenvalue weighted by atomic mass is 10.3. The predicted molar refractivity (Wildman–Crippen MR) is 125 cm³/mol. The largest absolute Gasteiger partial charge is 0.497 e. The molecule has 31 heavy (non-hydrogen) atoms. The highest BCUT2D eigenvalue weighted by Crippen LogP contribution is 2.31. The molecule has 1 aliphatic rings. The minimum atomic E-state index is -3.24. The van der Waals surface area contributed by atoms with E-state index in [-0.39, 0.29) is 5.91 Å². The Balaban J connectivity index is 1.34. The van der Waals surface area contributed by atoms with Crippen LogP contribution >= 0.6 is 23.1 Å². The van der Waals surface area contributed by atoms with Gasteiger partial charge < -0.3 is 14.5 Å². The zero-order valence-corrected chi connectivity index (χ0v) is 19.7. The molecule has 2 heterocycles. The maximum atomic E-state index is 12.6. The number of aromatic nitrogens is 1. The second-order valence-corrected chi connectivity index (χ2v) is 11.3. The molecule has 4 rings (SSSR count). The highest BCUT2D eigenvalue weighted by atomic mass is 32.2. The number of hydrogen-bond donors (Lipinski definition) is 0. The average Bonchev–Trinajstić information content (AvgIpc) is 3.21. The Hall–Kier alpha value is -2.30. The van der Waals surface area contributed by atoms with E-state index in [0.29, 0.717) is 36.8 Å². The lowest BCUT2D eigenvalue weighted by Gasteiger charge is -2.34. The molecular formula is C21H23N3O4S3. The minimum absolute atomic E-state index is 0.127. The SMILES string of the molecule is COc1ccc(SCC(=O)N2CCN(c3nc4ccc(S(C)(=O)=O)cc4s3)CC2)cc1. The van der Waals surface area contributed by atoms with Crippen molar-refractivity contribution in [2.45, 2.75) is 9.79 Å². The van der Waals surface area contributed by atoms with Crippen LogP contribution in [0, 0.1) is 0 Å². The van der Waals surface area contributed by atoms with Gasteiger partial charge in [0.15, 0.2) is 15.0 Å². The van der Waals surface area contributed by atoms with Gasteiger partial charge in [-0.15, -0.1) is 11.8 Å². The van der Waals surface area contributed by atoms with Crippen molar-refractivity contribution in [3.63, 3.8) is 0 Å². The van der Waals surface area contributed by atoms with Gasteiger partial charge in [-0.3, -0.25) is 4.79 Å². The van der Waals surface area contributed by atoms with Crippen LogP contribution in [0.2, 0.25) is 0 Å².